The van der Waals surface area contributed by atoms with Crippen LogP contribution >= 0.6 is 7.92 Å². The molecule has 3 N–H and O–H groups in total. The lowest BCUT2D eigenvalue weighted by Gasteiger charge is -2.10. The topological polar surface area (TPSA) is 121 Å². The van der Waals surface area contributed by atoms with Gasteiger partial charge in [-0.1, -0.05) is 54.6 Å². The van der Waals surface area contributed by atoms with Crippen molar-refractivity contribution >= 4 is 39.9 Å². The van der Waals surface area contributed by atoms with Gasteiger partial charge < -0.3 is 15.4 Å². The van der Waals surface area contributed by atoms with Crippen LogP contribution in [0.5, 0.6) is 0 Å². The van der Waals surface area contributed by atoms with Crippen molar-refractivity contribution in [2.75, 3.05) is 6.54 Å². The zero-order chi connectivity index (χ0) is 24.2. The second-order valence-electron chi connectivity index (χ2n) is 5.97. The van der Waals surface area contributed by atoms with Crippen LogP contribution in [0, 0.1) is 0 Å². The van der Waals surface area contributed by atoms with Gasteiger partial charge in [-0.2, -0.15) is 13.2 Å². The molecule has 0 atom stereocenters. The van der Waals surface area contributed by atoms with E-state index in [1.807, 2.05) is 0 Å². The average molecular weight is 487 g/mol. The molecule has 0 radical (unpaired) electrons. The summed E-state index contributed by atoms with van der Waals surface area (Å²) in [5, 5.41) is 11.9. The molecule has 32 heavy (non-hydrogen) atoms. The first-order valence-electron chi connectivity index (χ1n) is 8.94. The Kier molecular flexibility index (Phi) is 11.0. The number of hydrogen-bond acceptors (Lipinski definition) is 5. The Hall–Kier alpha value is -2.78. The zero-order valence-electron chi connectivity index (χ0n) is 16.6. The fraction of sp³-hybridized carbons (Fsp3) is 0.0952. The van der Waals surface area contributed by atoms with Crippen LogP contribution in [0.25, 0.3) is 0 Å². The number of hydrogen-bond donors (Lipinski definition) is 2. The number of alkyl halides is 3. The molecule has 0 aromatic heterocycles. The van der Waals surface area contributed by atoms with E-state index in [1.165, 1.54) is 15.9 Å². The minimum Gasteiger partial charge on any atom is -0.741 e. The molecule has 0 bridgehead atoms. The number of nitrogens with two attached hydrogens (primary N) is 1. The Morgan fingerprint density at radius 2 is 1.03 bits per heavy atom. The molecule has 0 aliphatic carbocycles. The van der Waals surface area contributed by atoms with Gasteiger partial charge in [-0.25, -0.2) is 8.42 Å². The van der Waals surface area contributed by atoms with Crippen molar-refractivity contribution in [3.63, 3.8) is 0 Å². The lowest BCUT2D eigenvalue weighted by molar-refractivity contribution is -0.135. The number of carboxylic acids is 1. The molecule has 0 aliphatic rings. The van der Waals surface area contributed by atoms with E-state index in [9.17, 15) is 18.0 Å². The van der Waals surface area contributed by atoms with Gasteiger partial charge in [0.25, 0.3) is 0 Å². The van der Waals surface area contributed by atoms with Gasteiger partial charge in [-0.15, -0.1) is 0 Å². The zero-order valence-corrected chi connectivity index (χ0v) is 18.4. The number of aliphatic carboxylic acids is 1. The summed E-state index contributed by atoms with van der Waals surface area (Å²) in [6.07, 6.45) is 0. The van der Waals surface area contributed by atoms with Crippen LogP contribution in [0.4, 0.5) is 13.2 Å². The summed E-state index contributed by atoms with van der Waals surface area (Å²) >= 11 is 0. The predicted octanol–water partition coefficient (Wildman–Crippen LogP) is 2.26. The maximum absolute atomic E-state index is 10.7. The average Bonchev–Trinajstić information content (AvgIpc) is 2.76. The highest BCUT2D eigenvalue weighted by Crippen LogP contribution is 2.32. The van der Waals surface area contributed by atoms with Crippen molar-refractivity contribution in [3.05, 3.63) is 91.0 Å². The maximum Gasteiger partial charge on any atom is 0.485 e. The Morgan fingerprint density at radius 1 is 0.812 bits per heavy atom. The molecule has 11 heteroatoms. The van der Waals surface area contributed by atoms with Gasteiger partial charge in [-0.05, 0) is 36.4 Å². The van der Waals surface area contributed by atoms with E-state index in [4.69, 9.17) is 18.1 Å². The third-order valence-electron chi connectivity index (χ3n) is 3.65. The smallest absolute Gasteiger partial charge is 0.485 e. The molecule has 0 spiro atoms. The summed E-state index contributed by atoms with van der Waals surface area (Å²) in [6.45, 7) is -0.278. The van der Waals surface area contributed by atoms with Crippen LogP contribution in [0.3, 0.4) is 0 Å². The van der Waals surface area contributed by atoms with Crippen LogP contribution in [0.1, 0.15) is 0 Å². The molecule has 6 nitrogen and oxygen atoms in total. The maximum atomic E-state index is 10.7. The Bertz CT molecular complexity index is 957. The molecule has 0 aliphatic heterocycles. The van der Waals surface area contributed by atoms with E-state index in [1.54, 1.807) is 0 Å². The van der Waals surface area contributed by atoms with Crippen molar-refractivity contribution in [3.8, 4) is 0 Å². The molecule has 0 heterocycles. The van der Waals surface area contributed by atoms with Crippen molar-refractivity contribution in [1.82, 2.24) is 0 Å². The Balaban J connectivity index is 0.000000329. The standard InChI is InChI=1S/C18H15P.C2H5NO2.CHF3O3S/c1-4-10-16(11-5-1)19(17-12-6-2-7-13-17)18-14-8-3-9-15-18;3-1-2(4)5;2-1(3,4)8(5,6)7/h1-15H;1,3H2,(H,4,5);(H,5,6,7). The van der Waals surface area contributed by atoms with Gasteiger partial charge in [0.05, 0.1) is 14.5 Å². The molecule has 3 aromatic rings. The van der Waals surface area contributed by atoms with E-state index in [-0.39, 0.29) is 6.54 Å². The minimum atomic E-state index is -6.09. The first kappa shape index (κ1) is 27.3. The largest absolute Gasteiger partial charge is 0.741 e. The van der Waals surface area contributed by atoms with Gasteiger partial charge in [-0.3, -0.25) is 4.79 Å². The number of carbonyl (C=O) groups is 1. The molecule has 172 valence electrons. The summed E-state index contributed by atoms with van der Waals surface area (Å²) in [5.41, 5.74) is -1.07. The van der Waals surface area contributed by atoms with Gasteiger partial charge in [0.15, 0.2) is 10.1 Å². The number of halogens is 3. The first-order chi connectivity index (χ1) is 15.0. The lowest BCUT2D eigenvalue weighted by Crippen LogP contribution is -2.21. The Morgan fingerprint density at radius 3 is 1.19 bits per heavy atom. The van der Waals surface area contributed by atoms with E-state index in [2.05, 4.69) is 96.7 Å². The van der Waals surface area contributed by atoms with Crippen molar-refractivity contribution in [2.24, 2.45) is 5.73 Å². The second kappa shape index (κ2) is 12.9. The van der Waals surface area contributed by atoms with Crippen LogP contribution in [0.2, 0.25) is 0 Å². The first-order valence-corrected chi connectivity index (χ1v) is 11.9. The monoisotopic (exact) mass is 487 g/mol. The SMILES string of the molecule is NCC(=O)O.O=S(=O)([O-])C(F)(F)F.c1ccc([PH+](c2ccccc2)c2ccccc2)cc1. The number of rotatable bonds is 4. The quantitative estimate of drug-likeness (QED) is 0.331. The minimum absolute atomic E-state index is 0.278. The van der Waals surface area contributed by atoms with Crippen molar-refractivity contribution in [1.29, 1.82) is 0 Å². The van der Waals surface area contributed by atoms with Crippen molar-refractivity contribution in [2.45, 2.75) is 5.51 Å². The highest BCUT2D eigenvalue weighted by atomic mass is 32.2. The van der Waals surface area contributed by atoms with E-state index < -0.39 is 29.5 Å². The fourth-order valence-electron chi connectivity index (χ4n) is 2.31. The molecule has 0 saturated carbocycles. The number of benzene rings is 3. The van der Waals surface area contributed by atoms with Crippen molar-refractivity contribution < 1.29 is 36.0 Å². The summed E-state index contributed by atoms with van der Waals surface area (Å²) in [7, 11) is -6.97. The molecule has 0 fully saturated rings. The van der Waals surface area contributed by atoms with Gasteiger partial charge in [0.1, 0.15) is 15.9 Å². The predicted molar refractivity (Wildman–Crippen MR) is 119 cm³/mol. The van der Waals surface area contributed by atoms with Crippen LogP contribution < -0.4 is 21.6 Å². The van der Waals surface area contributed by atoms with E-state index in [0.29, 0.717) is 0 Å². The van der Waals surface area contributed by atoms with E-state index in [0.717, 1.165) is 0 Å². The van der Waals surface area contributed by atoms with Gasteiger partial charge >= 0.3 is 11.5 Å². The summed E-state index contributed by atoms with van der Waals surface area (Å²) in [4.78, 5) is 9.24. The third-order valence-corrected chi connectivity index (χ3v) is 6.94. The summed E-state index contributed by atoms with van der Waals surface area (Å²) in [6, 6.07) is 32.5. The summed E-state index contributed by atoms with van der Waals surface area (Å²) in [5.74, 6) is -0.968. The van der Waals surface area contributed by atoms with Gasteiger partial charge in [0.2, 0.25) is 0 Å². The van der Waals surface area contributed by atoms with Gasteiger partial charge in [0, 0.05) is 0 Å². The molecule has 3 aromatic carbocycles. The third kappa shape index (κ3) is 9.57. The summed E-state index contributed by atoms with van der Waals surface area (Å²) < 4.78 is 58.9. The van der Waals surface area contributed by atoms with Crippen LogP contribution in [0.15, 0.2) is 91.0 Å². The molecule has 0 amide bonds. The van der Waals surface area contributed by atoms with Crippen LogP contribution in [-0.4, -0.2) is 36.1 Å². The molecular weight excluding hydrogens is 466 g/mol. The number of carboxylic acid groups (broad SMARTS) is 1. The normalized spacial score (nSPS) is 10.9. The Labute approximate surface area is 185 Å². The highest BCUT2D eigenvalue weighted by Gasteiger charge is 2.36. The van der Waals surface area contributed by atoms with Crippen LogP contribution in [-0.2, 0) is 14.9 Å². The second-order valence-corrected chi connectivity index (χ2v) is 9.82. The molecule has 0 saturated heterocycles. The van der Waals surface area contributed by atoms with E-state index >= 15 is 0 Å². The molecule has 0 unspecified atom stereocenters. The lowest BCUT2D eigenvalue weighted by atomic mass is 10.4. The fourth-order valence-corrected chi connectivity index (χ4v) is 4.89. The molecular formula is C21H21F3NO5PS. The molecule has 3 rings (SSSR count). The highest BCUT2D eigenvalue weighted by molar-refractivity contribution is 7.86.